The second kappa shape index (κ2) is 3.81. The summed E-state index contributed by atoms with van der Waals surface area (Å²) in [6.07, 6.45) is 1.56. The summed E-state index contributed by atoms with van der Waals surface area (Å²) in [4.78, 5) is 14.9. The Morgan fingerprint density at radius 2 is 2.12 bits per heavy atom. The third kappa shape index (κ3) is 1.69. The second-order valence-electron chi connectivity index (χ2n) is 3.70. The van der Waals surface area contributed by atoms with Gasteiger partial charge in [0.2, 0.25) is 5.82 Å². The van der Waals surface area contributed by atoms with Gasteiger partial charge in [-0.25, -0.2) is 9.78 Å². The first-order valence-corrected chi connectivity index (χ1v) is 4.94. The van der Waals surface area contributed by atoms with Crippen LogP contribution in [0.3, 0.4) is 0 Å². The van der Waals surface area contributed by atoms with E-state index in [1.807, 2.05) is 38.1 Å². The molecule has 4 nitrogen and oxygen atoms in total. The average molecular weight is 216 g/mol. The molecule has 1 heterocycles. The molecule has 0 aliphatic rings. The molecule has 1 aromatic carbocycles. The molecule has 2 rings (SSSR count). The number of carboxylic acid groups (broad SMARTS) is 1. The minimum absolute atomic E-state index is 0.0445. The highest BCUT2D eigenvalue weighted by atomic mass is 16.4. The van der Waals surface area contributed by atoms with Crippen LogP contribution < -0.4 is 0 Å². The van der Waals surface area contributed by atoms with Gasteiger partial charge in [0.1, 0.15) is 0 Å². The SMILES string of the molecule is Cc1cccc(-n2c(C)cnc2C(=O)O)c1. The van der Waals surface area contributed by atoms with E-state index in [-0.39, 0.29) is 5.82 Å². The lowest BCUT2D eigenvalue weighted by atomic mass is 10.2. The Morgan fingerprint density at radius 3 is 2.75 bits per heavy atom. The van der Waals surface area contributed by atoms with Crippen molar-refractivity contribution in [1.29, 1.82) is 0 Å². The fourth-order valence-electron chi connectivity index (χ4n) is 1.68. The largest absolute Gasteiger partial charge is 0.475 e. The first kappa shape index (κ1) is 10.4. The van der Waals surface area contributed by atoms with E-state index >= 15 is 0 Å². The number of hydrogen-bond acceptors (Lipinski definition) is 2. The summed E-state index contributed by atoms with van der Waals surface area (Å²) in [6, 6.07) is 7.67. The zero-order valence-corrected chi connectivity index (χ0v) is 9.14. The van der Waals surface area contributed by atoms with E-state index in [0.29, 0.717) is 0 Å². The van der Waals surface area contributed by atoms with E-state index in [2.05, 4.69) is 4.98 Å². The lowest BCUT2D eigenvalue weighted by Gasteiger charge is -2.08. The lowest BCUT2D eigenvalue weighted by Crippen LogP contribution is -2.09. The lowest BCUT2D eigenvalue weighted by molar-refractivity contribution is 0.0681. The van der Waals surface area contributed by atoms with Crippen LogP contribution in [-0.2, 0) is 0 Å². The maximum Gasteiger partial charge on any atom is 0.372 e. The number of aryl methyl sites for hydroxylation is 2. The third-order valence-corrected chi connectivity index (χ3v) is 2.39. The second-order valence-corrected chi connectivity index (χ2v) is 3.70. The highest BCUT2D eigenvalue weighted by Crippen LogP contribution is 2.15. The predicted octanol–water partition coefficient (Wildman–Crippen LogP) is 2.19. The van der Waals surface area contributed by atoms with Gasteiger partial charge in [0.05, 0.1) is 0 Å². The van der Waals surface area contributed by atoms with Crippen molar-refractivity contribution in [2.45, 2.75) is 13.8 Å². The predicted molar refractivity (Wildman–Crippen MR) is 60.0 cm³/mol. The van der Waals surface area contributed by atoms with Crippen LogP contribution in [0.2, 0.25) is 0 Å². The summed E-state index contributed by atoms with van der Waals surface area (Å²) in [5.41, 5.74) is 2.72. The van der Waals surface area contributed by atoms with Crippen LogP contribution in [0.25, 0.3) is 5.69 Å². The van der Waals surface area contributed by atoms with Crippen molar-refractivity contribution in [1.82, 2.24) is 9.55 Å². The summed E-state index contributed by atoms with van der Waals surface area (Å²) in [5.74, 6) is -0.974. The molecule has 82 valence electrons. The minimum atomic E-state index is -1.02. The molecule has 1 aromatic heterocycles. The molecule has 0 fully saturated rings. The quantitative estimate of drug-likeness (QED) is 0.837. The van der Waals surface area contributed by atoms with E-state index < -0.39 is 5.97 Å². The Labute approximate surface area is 93.2 Å². The Balaban J connectivity index is 2.63. The highest BCUT2D eigenvalue weighted by Gasteiger charge is 2.14. The molecule has 0 amide bonds. The van der Waals surface area contributed by atoms with Crippen molar-refractivity contribution in [3.8, 4) is 5.69 Å². The number of carboxylic acids is 1. The molecule has 0 atom stereocenters. The van der Waals surface area contributed by atoms with E-state index in [4.69, 9.17) is 5.11 Å². The Morgan fingerprint density at radius 1 is 1.38 bits per heavy atom. The van der Waals surface area contributed by atoms with Crippen LogP contribution in [-0.4, -0.2) is 20.6 Å². The summed E-state index contributed by atoms with van der Waals surface area (Å²) in [7, 11) is 0. The van der Waals surface area contributed by atoms with Gasteiger partial charge < -0.3 is 5.11 Å². The van der Waals surface area contributed by atoms with Crippen molar-refractivity contribution in [2.75, 3.05) is 0 Å². The van der Waals surface area contributed by atoms with Crippen LogP contribution in [0, 0.1) is 13.8 Å². The zero-order chi connectivity index (χ0) is 11.7. The molecule has 0 aliphatic carbocycles. The number of carbonyl (C=O) groups is 1. The van der Waals surface area contributed by atoms with Crippen LogP contribution in [0.1, 0.15) is 21.9 Å². The van der Waals surface area contributed by atoms with Gasteiger partial charge in [-0.1, -0.05) is 12.1 Å². The van der Waals surface area contributed by atoms with E-state index in [0.717, 1.165) is 16.9 Å². The van der Waals surface area contributed by atoms with Crippen molar-refractivity contribution in [3.63, 3.8) is 0 Å². The first-order chi connectivity index (χ1) is 7.59. The van der Waals surface area contributed by atoms with Gasteiger partial charge in [-0.2, -0.15) is 0 Å². The monoisotopic (exact) mass is 216 g/mol. The molecule has 4 heteroatoms. The van der Waals surface area contributed by atoms with Gasteiger partial charge in [0.15, 0.2) is 0 Å². The van der Waals surface area contributed by atoms with Crippen molar-refractivity contribution in [2.24, 2.45) is 0 Å². The van der Waals surface area contributed by atoms with E-state index in [9.17, 15) is 4.79 Å². The summed E-state index contributed by atoms with van der Waals surface area (Å²) in [6.45, 7) is 3.80. The fourth-order valence-corrected chi connectivity index (χ4v) is 1.68. The molecule has 2 aromatic rings. The number of aromatic carboxylic acids is 1. The third-order valence-electron chi connectivity index (χ3n) is 2.39. The molecule has 0 bridgehead atoms. The number of nitrogens with zero attached hydrogens (tertiary/aromatic N) is 2. The molecule has 0 saturated carbocycles. The summed E-state index contributed by atoms with van der Waals surface area (Å²) < 4.78 is 1.63. The van der Waals surface area contributed by atoms with Gasteiger partial charge in [0, 0.05) is 17.6 Å². The van der Waals surface area contributed by atoms with Gasteiger partial charge in [-0.05, 0) is 31.5 Å². The molecule has 16 heavy (non-hydrogen) atoms. The molecule has 1 N–H and O–H groups in total. The fraction of sp³-hybridized carbons (Fsp3) is 0.167. The highest BCUT2D eigenvalue weighted by molar-refractivity contribution is 5.84. The normalized spacial score (nSPS) is 10.4. The van der Waals surface area contributed by atoms with E-state index in [1.54, 1.807) is 10.8 Å². The summed E-state index contributed by atoms with van der Waals surface area (Å²) >= 11 is 0. The van der Waals surface area contributed by atoms with Crippen LogP contribution >= 0.6 is 0 Å². The molecule has 0 spiro atoms. The van der Waals surface area contributed by atoms with Crippen LogP contribution in [0.15, 0.2) is 30.5 Å². The summed E-state index contributed by atoms with van der Waals surface area (Å²) in [5, 5.41) is 9.03. The van der Waals surface area contributed by atoms with Gasteiger partial charge in [0.25, 0.3) is 0 Å². The van der Waals surface area contributed by atoms with Crippen molar-refractivity contribution in [3.05, 3.63) is 47.5 Å². The van der Waals surface area contributed by atoms with Crippen molar-refractivity contribution >= 4 is 5.97 Å². The molecule has 0 radical (unpaired) electrons. The molecule has 0 aliphatic heterocycles. The maximum atomic E-state index is 11.0. The number of imidazole rings is 1. The standard InChI is InChI=1S/C12H12N2O2/c1-8-4-3-5-10(6-8)14-9(2)7-13-11(14)12(15)16/h3-7H,1-2H3,(H,15,16). The number of rotatable bonds is 2. The first-order valence-electron chi connectivity index (χ1n) is 4.94. The molecule has 0 saturated heterocycles. The average Bonchev–Trinajstić information content (AvgIpc) is 2.60. The van der Waals surface area contributed by atoms with Crippen molar-refractivity contribution < 1.29 is 9.90 Å². The van der Waals surface area contributed by atoms with Gasteiger partial charge >= 0.3 is 5.97 Å². The zero-order valence-electron chi connectivity index (χ0n) is 9.14. The minimum Gasteiger partial charge on any atom is -0.475 e. The Bertz CT molecular complexity index is 544. The van der Waals surface area contributed by atoms with E-state index in [1.165, 1.54) is 0 Å². The topological polar surface area (TPSA) is 55.1 Å². The molecular formula is C12H12N2O2. The van der Waals surface area contributed by atoms with Crippen LogP contribution in [0.4, 0.5) is 0 Å². The number of benzene rings is 1. The van der Waals surface area contributed by atoms with Crippen LogP contribution in [0.5, 0.6) is 0 Å². The smallest absolute Gasteiger partial charge is 0.372 e. The van der Waals surface area contributed by atoms with Gasteiger partial charge in [-0.3, -0.25) is 4.57 Å². The number of hydrogen-bond donors (Lipinski definition) is 1. The van der Waals surface area contributed by atoms with Gasteiger partial charge in [-0.15, -0.1) is 0 Å². The molecule has 0 unspecified atom stereocenters. The Kier molecular flexibility index (Phi) is 2.48. The Hall–Kier alpha value is -2.10. The maximum absolute atomic E-state index is 11.0. The molecular weight excluding hydrogens is 204 g/mol. The number of aromatic nitrogens is 2.